The summed E-state index contributed by atoms with van der Waals surface area (Å²) in [5.74, 6) is 7.53. The summed E-state index contributed by atoms with van der Waals surface area (Å²) in [5.41, 5.74) is 1.95. The van der Waals surface area contributed by atoms with Crippen LogP contribution in [0.1, 0.15) is 11.1 Å². The van der Waals surface area contributed by atoms with Crippen molar-refractivity contribution < 1.29 is 14.4 Å². The van der Waals surface area contributed by atoms with Gasteiger partial charge < -0.3 is 15.3 Å². The number of benzene rings is 2. The predicted octanol–water partition coefficient (Wildman–Crippen LogP) is 3.38. The lowest BCUT2D eigenvalue weighted by Crippen LogP contribution is -2.14. The number of nitrogens with two attached hydrogens (primary N) is 1. The van der Waals surface area contributed by atoms with Crippen LogP contribution in [0.3, 0.4) is 0 Å². The number of nitro benzene ring substituents is 1. The molecule has 9 nitrogen and oxygen atoms in total. The van der Waals surface area contributed by atoms with Crippen molar-refractivity contribution in [3.63, 3.8) is 0 Å². The molecule has 28 heavy (non-hydrogen) atoms. The Balaban J connectivity index is 1.61. The highest BCUT2D eigenvalue weighted by Gasteiger charge is 2.22. The van der Waals surface area contributed by atoms with Gasteiger partial charge in [0.1, 0.15) is 5.75 Å². The number of thioether (sulfide) groups is 1. The summed E-state index contributed by atoms with van der Waals surface area (Å²) < 4.78 is 12.1. The lowest BCUT2D eigenvalue weighted by atomic mass is 10.1. The Morgan fingerprint density at radius 1 is 1.32 bits per heavy atom. The zero-order chi connectivity index (χ0) is 19.7. The monoisotopic (exact) mass is 419 g/mol. The molecule has 0 aliphatic carbocycles. The van der Waals surface area contributed by atoms with Gasteiger partial charge >= 0.3 is 0 Å². The molecule has 3 aromatic rings. The van der Waals surface area contributed by atoms with Crippen LogP contribution < -0.4 is 10.6 Å². The maximum Gasteiger partial charge on any atom is 0.270 e. The molecule has 0 radical (unpaired) electrons. The van der Waals surface area contributed by atoms with E-state index in [2.05, 4.69) is 10.2 Å². The quantitative estimate of drug-likeness (QED) is 0.289. The predicted molar refractivity (Wildman–Crippen MR) is 104 cm³/mol. The molecular weight excluding hydrogens is 406 g/mol. The Morgan fingerprint density at radius 2 is 2.14 bits per heavy atom. The van der Waals surface area contributed by atoms with Crippen LogP contribution >= 0.6 is 23.4 Å². The minimum atomic E-state index is -0.440. The largest absolute Gasteiger partial charge is 0.467 e. The molecule has 2 N–H and O–H groups in total. The molecule has 0 spiro atoms. The molecule has 0 amide bonds. The number of aromatic nitrogens is 3. The van der Waals surface area contributed by atoms with Gasteiger partial charge in [0.25, 0.3) is 5.69 Å². The SMILES string of the molecule is Nn1c(SCc2cc([N+](=O)[O-])cc3c2OCOC3)nnc1-c1ccccc1Cl. The van der Waals surface area contributed by atoms with E-state index in [9.17, 15) is 10.1 Å². The van der Waals surface area contributed by atoms with Gasteiger partial charge in [-0.05, 0) is 12.1 Å². The molecule has 0 fully saturated rings. The van der Waals surface area contributed by atoms with Crippen molar-refractivity contribution in [3.8, 4) is 17.1 Å². The summed E-state index contributed by atoms with van der Waals surface area (Å²) in [6.07, 6.45) is 0. The van der Waals surface area contributed by atoms with Gasteiger partial charge in [-0.3, -0.25) is 10.1 Å². The number of nitro groups is 1. The van der Waals surface area contributed by atoms with Gasteiger partial charge in [0, 0.05) is 34.6 Å². The second kappa shape index (κ2) is 7.66. The topological polar surface area (TPSA) is 118 Å². The first-order chi connectivity index (χ1) is 13.5. The molecule has 4 rings (SSSR count). The average molecular weight is 420 g/mol. The number of fused-ring (bicyclic) bond motifs is 1. The minimum absolute atomic E-state index is 0.0191. The summed E-state index contributed by atoms with van der Waals surface area (Å²) in [5, 5.41) is 20.4. The molecule has 2 heterocycles. The normalized spacial score (nSPS) is 13.0. The van der Waals surface area contributed by atoms with E-state index >= 15 is 0 Å². The lowest BCUT2D eigenvalue weighted by molar-refractivity contribution is -0.385. The molecule has 2 aromatic carbocycles. The zero-order valence-electron chi connectivity index (χ0n) is 14.4. The molecule has 0 saturated heterocycles. The number of rotatable bonds is 5. The summed E-state index contributed by atoms with van der Waals surface area (Å²) in [4.78, 5) is 10.8. The Hall–Kier alpha value is -2.82. The van der Waals surface area contributed by atoms with E-state index in [1.54, 1.807) is 12.1 Å². The molecule has 1 aliphatic rings. The second-order valence-electron chi connectivity index (χ2n) is 5.91. The zero-order valence-corrected chi connectivity index (χ0v) is 15.9. The van der Waals surface area contributed by atoms with Crippen molar-refractivity contribution in [2.75, 3.05) is 12.6 Å². The van der Waals surface area contributed by atoms with Crippen LogP contribution in [-0.2, 0) is 17.1 Å². The van der Waals surface area contributed by atoms with Crippen molar-refractivity contribution in [2.24, 2.45) is 0 Å². The van der Waals surface area contributed by atoms with E-state index in [0.29, 0.717) is 44.2 Å². The van der Waals surface area contributed by atoms with Crippen molar-refractivity contribution in [2.45, 2.75) is 17.5 Å². The summed E-state index contributed by atoms with van der Waals surface area (Å²) in [6, 6.07) is 10.1. The van der Waals surface area contributed by atoms with E-state index in [1.807, 2.05) is 12.1 Å². The van der Waals surface area contributed by atoms with Crippen LogP contribution in [0.15, 0.2) is 41.6 Å². The fourth-order valence-corrected chi connectivity index (χ4v) is 3.88. The van der Waals surface area contributed by atoms with Gasteiger partial charge in [-0.1, -0.05) is 35.5 Å². The first-order valence-corrected chi connectivity index (χ1v) is 9.50. The fourth-order valence-electron chi connectivity index (χ4n) is 2.84. The van der Waals surface area contributed by atoms with Crippen LogP contribution in [0, 0.1) is 10.1 Å². The van der Waals surface area contributed by atoms with Gasteiger partial charge in [-0.15, -0.1) is 10.2 Å². The third kappa shape index (κ3) is 3.49. The van der Waals surface area contributed by atoms with Crippen molar-refractivity contribution in [1.29, 1.82) is 0 Å². The molecule has 0 unspecified atom stereocenters. The maximum absolute atomic E-state index is 11.2. The summed E-state index contributed by atoms with van der Waals surface area (Å²) >= 11 is 7.50. The van der Waals surface area contributed by atoms with Crippen LogP contribution in [0.4, 0.5) is 5.69 Å². The molecule has 11 heteroatoms. The second-order valence-corrected chi connectivity index (χ2v) is 7.26. The minimum Gasteiger partial charge on any atom is -0.467 e. The van der Waals surface area contributed by atoms with E-state index in [-0.39, 0.29) is 19.1 Å². The highest BCUT2D eigenvalue weighted by Crippen LogP contribution is 2.36. The Morgan fingerprint density at radius 3 is 2.93 bits per heavy atom. The van der Waals surface area contributed by atoms with E-state index in [1.165, 1.54) is 28.6 Å². The third-order valence-corrected chi connectivity index (χ3v) is 5.44. The smallest absolute Gasteiger partial charge is 0.270 e. The first-order valence-electron chi connectivity index (χ1n) is 8.13. The molecule has 144 valence electrons. The van der Waals surface area contributed by atoms with Crippen molar-refractivity contribution in [1.82, 2.24) is 14.9 Å². The Kier molecular flexibility index (Phi) is 5.07. The number of nitrogens with zero attached hydrogens (tertiary/aromatic N) is 4. The third-order valence-electron chi connectivity index (χ3n) is 4.12. The van der Waals surface area contributed by atoms with E-state index < -0.39 is 4.92 Å². The van der Waals surface area contributed by atoms with Crippen LogP contribution in [0.2, 0.25) is 5.02 Å². The summed E-state index contributed by atoms with van der Waals surface area (Å²) in [6.45, 7) is 0.366. The highest BCUT2D eigenvalue weighted by atomic mass is 35.5. The molecule has 0 saturated carbocycles. The van der Waals surface area contributed by atoms with E-state index in [4.69, 9.17) is 26.9 Å². The van der Waals surface area contributed by atoms with Gasteiger partial charge in [0.05, 0.1) is 16.6 Å². The number of ether oxygens (including phenoxy) is 2. The number of hydrogen-bond acceptors (Lipinski definition) is 8. The van der Waals surface area contributed by atoms with Gasteiger partial charge in [-0.2, -0.15) is 0 Å². The maximum atomic E-state index is 11.2. The van der Waals surface area contributed by atoms with Crippen molar-refractivity contribution in [3.05, 3.63) is 62.7 Å². The molecule has 1 aromatic heterocycles. The lowest BCUT2D eigenvalue weighted by Gasteiger charge is -2.20. The summed E-state index contributed by atoms with van der Waals surface area (Å²) in [7, 11) is 0. The standard InChI is InChI=1S/C17H14ClN5O4S/c18-14-4-2-1-3-13(14)16-20-21-17(22(16)19)28-8-11-6-12(23(24)25)5-10-7-26-9-27-15(10)11/h1-6H,7-9,19H2. The number of halogens is 1. The van der Waals surface area contributed by atoms with Crippen LogP contribution in [-0.4, -0.2) is 26.6 Å². The first kappa shape index (κ1) is 18.5. The molecule has 0 atom stereocenters. The van der Waals surface area contributed by atoms with Crippen LogP contribution in [0.25, 0.3) is 11.4 Å². The van der Waals surface area contributed by atoms with Gasteiger partial charge in [0.2, 0.25) is 5.16 Å². The number of non-ortho nitro benzene ring substituents is 1. The van der Waals surface area contributed by atoms with Crippen LogP contribution in [0.5, 0.6) is 5.75 Å². The van der Waals surface area contributed by atoms with E-state index in [0.717, 1.165) is 0 Å². The molecular formula is C17H14ClN5O4S. The Labute approximate surface area is 168 Å². The average Bonchev–Trinajstić information content (AvgIpc) is 3.06. The van der Waals surface area contributed by atoms with Gasteiger partial charge in [0.15, 0.2) is 12.6 Å². The fraction of sp³-hybridized carbons (Fsp3) is 0.176. The number of nitrogen functional groups attached to an aromatic ring is 1. The number of hydrogen-bond donors (Lipinski definition) is 1. The highest BCUT2D eigenvalue weighted by molar-refractivity contribution is 7.98. The Bertz CT molecular complexity index is 1060. The molecule has 0 bridgehead atoms. The van der Waals surface area contributed by atoms with Crippen molar-refractivity contribution >= 4 is 29.1 Å². The molecule has 1 aliphatic heterocycles. The van der Waals surface area contributed by atoms with Gasteiger partial charge in [-0.25, -0.2) is 4.68 Å².